The van der Waals surface area contributed by atoms with Crippen LogP contribution in [-0.2, 0) is 0 Å². The topological polar surface area (TPSA) is 48.8 Å². The molecule has 0 aliphatic rings. The number of hydrogen-bond acceptors (Lipinski definition) is 1. The standard InChI is InChI=1S/C9H19N3/c1-2-3-4-5-6-7-8-9-11-12-10/h2-9H2,1H3. The molecule has 0 rings (SSSR count). The SMILES string of the molecule is CCCCCCCCCN=[N+]=[N-]. The normalized spacial score (nSPS) is 9.42. The number of rotatable bonds is 8. The largest absolute Gasteiger partial charge is 0.0940 e. The van der Waals surface area contributed by atoms with Crippen LogP contribution in [0.3, 0.4) is 0 Å². The van der Waals surface area contributed by atoms with E-state index >= 15 is 0 Å². The van der Waals surface area contributed by atoms with Gasteiger partial charge in [0.05, 0.1) is 0 Å². The Balaban J connectivity index is 2.86. The lowest BCUT2D eigenvalue weighted by Crippen LogP contribution is -1.81. The third kappa shape index (κ3) is 9.31. The third-order valence-electron chi connectivity index (χ3n) is 1.92. The van der Waals surface area contributed by atoms with Crippen molar-refractivity contribution in [1.82, 2.24) is 0 Å². The van der Waals surface area contributed by atoms with Crippen LogP contribution in [0, 0.1) is 0 Å². The van der Waals surface area contributed by atoms with Gasteiger partial charge in [-0.2, -0.15) is 0 Å². The predicted molar refractivity (Wildman–Crippen MR) is 52.0 cm³/mol. The molecule has 0 amide bonds. The zero-order chi connectivity index (χ0) is 9.07. The zero-order valence-corrected chi connectivity index (χ0v) is 8.00. The Morgan fingerprint density at radius 2 is 1.58 bits per heavy atom. The van der Waals surface area contributed by atoms with E-state index in [0.717, 1.165) is 6.42 Å². The summed E-state index contributed by atoms with van der Waals surface area (Å²) in [6.07, 6.45) is 8.91. The molecule has 0 atom stereocenters. The van der Waals surface area contributed by atoms with E-state index in [-0.39, 0.29) is 0 Å². The van der Waals surface area contributed by atoms with E-state index in [4.69, 9.17) is 5.53 Å². The predicted octanol–water partition coefficient (Wildman–Crippen LogP) is 4.05. The molecule has 0 aromatic heterocycles. The van der Waals surface area contributed by atoms with Crippen molar-refractivity contribution in [2.75, 3.05) is 6.54 Å². The van der Waals surface area contributed by atoms with Crippen LogP contribution in [0.2, 0.25) is 0 Å². The molecule has 0 aliphatic carbocycles. The lowest BCUT2D eigenvalue weighted by Gasteiger charge is -1.97. The van der Waals surface area contributed by atoms with Gasteiger partial charge in [0.1, 0.15) is 0 Å². The third-order valence-corrected chi connectivity index (χ3v) is 1.92. The molecule has 0 spiro atoms. The minimum atomic E-state index is 0.671. The molecule has 0 fully saturated rings. The van der Waals surface area contributed by atoms with Crippen molar-refractivity contribution in [3.8, 4) is 0 Å². The first kappa shape index (κ1) is 11.3. The molecule has 0 bridgehead atoms. The first-order chi connectivity index (χ1) is 5.91. The fraction of sp³-hybridized carbons (Fsp3) is 1.00. The molecule has 0 aromatic rings. The molecule has 70 valence electrons. The van der Waals surface area contributed by atoms with E-state index < -0.39 is 0 Å². The second kappa shape index (κ2) is 10.3. The Labute approximate surface area is 74.8 Å². The summed E-state index contributed by atoms with van der Waals surface area (Å²) in [6.45, 7) is 2.89. The summed E-state index contributed by atoms with van der Waals surface area (Å²) >= 11 is 0. The van der Waals surface area contributed by atoms with Gasteiger partial charge in [0.25, 0.3) is 0 Å². The summed E-state index contributed by atoms with van der Waals surface area (Å²) in [6, 6.07) is 0. The average Bonchev–Trinajstić information content (AvgIpc) is 2.10. The summed E-state index contributed by atoms with van der Waals surface area (Å²) in [5.41, 5.74) is 8.00. The fourth-order valence-electron chi connectivity index (χ4n) is 1.18. The Hall–Kier alpha value is -0.690. The second-order valence-electron chi connectivity index (χ2n) is 3.08. The number of unbranched alkanes of at least 4 members (excludes halogenated alkanes) is 6. The van der Waals surface area contributed by atoms with Gasteiger partial charge in [-0.05, 0) is 12.0 Å². The Bertz CT molecular complexity index is 128. The summed E-state index contributed by atoms with van der Waals surface area (Å²) in [5, 5.41) is 3.49. The van der Waals surface area contributed by atoms with Crippen molar-refractivity contribution in [3.05, 3.63) is 10.4 Å². The van der Waals surface area contributed by atoms with Crippen LogP contribution < -0.4 is 0 Å². The first-order valence-electron chi connectivity index (χ1n) is 4.92. The minimum Gasteiger partial charge on any atom is -0.0940 e. The fourth-order valence-corrected chi connectivity index (χ4v) is 1.18. The highest BCUT2D eigenvalue weighted by molar-refractivity contribution is 4.49. The van der Waals surface area contributed by atoms with Gasteiger partial charge in [-0.15, -0.1) is 0 Å². The van der Waals surface area contributed by atoms with Crippen LogP contribution in [0.1, 0.15) is 51.9 Å². The van der Waals surface area contributed by atoms with Gasteiger partial charge < -0.3 is 0 Å². The van der Waals surface area contributed by atoms with Gasteiger partial charge in [-0.1, -0.05) is 50.6 Å². The van der Waals surface area contributed by atoms with Crippen LogP contribution in [0.5, 0.6) is 0 Å². The quantitative estimate of drug-likeness (QED) is 0.228. The van der Waals surface area contributed by atoms with E-state index in [2.05, 4.69) is 16.9 Å². The van der Waals surface area contributed by atoms with Crippen LogP contribution in [-0.4, -0.2) is 6.54 Å². The molecule has 0 heterocycles. The molecule has 12 heavy (non-hydrogen) atoms. The maximum Gasteiger partial charge on any atom is 0.0257 e. The van der Waals surface area contributed by atoms with E-state index in [9.17, 15) is 0 Å². The second-order valence-corrected chi connectivity index (χ2v) is 3.08. The molecule has 0 unspecified atom stereocenters. The monoisotopic (exact) mass is 169 g/mol. The summed E-state index contributed by atoms with van der Waals surface area (Å²) in [4.78, 5) is 2.71. The van der Waals surface area contributed by atoms with Crippen molar-refractivity contribution in [3.63, 3.8) is 0 Å². The van der Waals surface area contributed by atoms with Gasteiger partial charge in [0, 0.05) is 11.5 Å². The smallest absolute Gasteiger partial charge is 0.0257 e. The van der Waals surface area contributed by atoms with Crippen molar-refractivity contribution in [2.24, 2.45) is 5.11 Å². The molecule has 0 radical (unpaired) electrons. The van der Waals surface area contributed by atoms with Crippen LogP contribution in [0.15, 0.2) is 5.11 Å². The highest BCUT2D eigenvalue weighted by Gasteiger charge is 1.88. The van der Waals surface area contributed by atoms with E-state index in [0.29, 0.717) is 6.54 Å². The maximum atomic E-state index is 8.00. The molecular weight excluding hydrogens is 150 g/mol. The Morgan fingerprint density at radius 1 is 1.00 bits per heavy atom. The van der Waals surface area contributed by atoms with Crippen LogP contribution >= 0.6 is 0 Å². The molecule has 0 N–H and O–H groups in total. The van der Waals surface area contributed by atoms with Gasteiger partial charge in [0.15, 0.2) is 0 Å². The Morgan fingerprint density at radius 3 is 2.17 bits per heavy atom. The molecule has 0 saturated carbocycles. The van der Waals surface area contributed by atoms with Gasteiger partial charge in [-0.3, -0.25) is 0 Å². The minimum absolute atomic E-state index is 0.671. The molecule has 3 heteroatoms. The lowest BCUT2D eigenvalue weighted by atomic mass is 10.1. The van der Waals surface area contributed by atoms with E-state index in [1.807, 2.05) is 0 Å². The highest BCUT2D eigenvalue weighted by atomic mass is 15.1. The van der Waals surface area contributed by atoms with Crippen molar-refractivity contribution >= 4 is 0 Å². The summed E-state index contributed by atoms with van der Waals surface area (Å²) in [7, 11) is 0. The first-order valence-corrected chi connectivity index (χ1v) is 4.92. The van der Waals surface area contributed by atoms with E-state index in [1.165, 1.54) is 38.5 Å². The molecule has 3 nitrogen and oxygen atoms in total. The molecule has 0 saturated heterocycles. The number of hydrogen-bond donors (Lipinski definition) is 0. The van der Waals surface area contributed by atoms with E-state index in [1.54, 1.807) is 0 Å². The van der Waals surface area contributed by atoms with Crippen molar-refractivity contribution in [2.45, 2.75) is 51.9 Å². The van der Waals surface area contributed by atoms with Crippen molar-refractivity contribution < 1.29 is 0 Å². The Kier molecular flexibility index (Phi) is 9.72. The molecule has 0 aliphatic heterocycles. The van der Waals surface area contributed by atoms with Crippen LogP contribution in [0.4, 0.5) is 0 Å². The van der Waals surface area contributed by atoms with Gasteiger partial charge in [-0.25, -0.2) is 0 Å². The summed E-state index contributed by atoms with van der Waals surface area (Å²) < 4.78 is 0. The van der Waals surface area contributed by atoms with Gasteiger partial charge >= 0.3 is 0 Å². The van der Waals surface area contributed by atoms with Crippen molar-refractivity contribution in [1.29, 1.82) is 0 Å². The maximum absolute atomic E-state index is 8.00. The zero-order valence-electron chi connectivity index (χ0n) is 8.00. The van der Waals surface area contributed by atoms with Gasteiger partial charge in [0.2, 0.25) is 0 Å². The molecule has 0 aromatic carbocycles. The highest BCUT2D eigenvalue weighted by Crippen LogP contribution is 2.06. The lowest BCUT2D eigenvalue weighted by molar-refractivity contribution is 0.592. The molecular formula is C9H19N3. The number of nitrogens with zero attached hydrogens (tertiary/aromatic N) is 3. The average molecular weight is 169 g/mol. The summed E-state index contributed by atoms with van der Waals surface area (Å²) in [5.74, 6) is 0. The number of azide groups is 1. The van der Waals surface area contributed by atoms with Crippen LogP contribution in [0.25, 0.3) is 10.4 Å².